The highest BCUT2D eigenvalue weighted by molar-refractivity contribution is 5.75. The van der Waals surface area contributed by atoms with Crippen molar-refractivity contribution in [3.05, 3.63) is 78.0 Å². The highest BCUT2D eigenvalue weighted by Crippen LogP contribution is 2.27. The minimum absolute atomic E-state index is 0.769. The first kappa shape index (κ1) is 14.2. The third-order valence-corrected chi connectivity index (χ3v) is 3.55. The van der Waals surface area contributed by atoms with Crippen LogP contribution >= 0.6 is 0 Å². The molecule has 0 fully saturated rings. The average molecular weight is 286 g/mol. The molecule has 0 bridgehead atoms. The van der Waals surface area contributed by atoms with E-state index in [2.05, 4.69) is 23.2 Å². The van der Waals surface area contributed by atoms with E-state index in [0.29, 0.717) is 0 Å². The molecule has 0 unspecified atom stereocenters. The second-order valence-corrected chi connectivity index (χ2v) is 5.13. The van der Waals surface area contributed by atoms with E-state index in [-0.39, 0.29) is 0 Å². The van der Waals surface area contributed by atoms with Crippen LogP contribution in [-0.4, -0.2) is 9.97 Å². The Kier molecular flexibility index (Phi) is 4.10. The van der Waals surface area contributed by atoms with E-state index in [1.165, 1.54) is 0 Å². The molecule has 0 N–H and O–H groups in total. The number of hydrogen-bond acceptors (Lipinski definition) is 2. The van der Waals surface area contributed by atoms with Crippen molar-refractivity contribution in [1.82, 2.24) is 9.97 Å². The summed E-state index contributed by atoms with van der Waals surface area (Å²) in [4.78, 5) is 9.52. The summed E-state index contributed by atoms with van der Waals surface area (Å²) < 4.78 is 0. The van der Waals surface area contributed by atoms with Crippen molar-refractivity contribution >= 4 is 6.08 Å². The highest BCUT2D eigenvalue weighted by atomic mass is 14.9. The molecule has 1 aromatic heterocycles. The smallest absolute Gasteiger partial charge is 0.160 e. The number of aromatic nitrogens is 2. The molecule has 22 heavy (non-hydrogen) atoms. The van der Waals surface area contributed by atoms with Crippen molar-refractivity contribution in [2.45, 2.75) is 13.8 Å². The summed E-state index contributed by atoms with van der Waals surface area (Å²) in [5, 5.41) is 0. The van der Waals surface area contributed by atoms with Crippen LogP contribution in [0, 0.1) is 6.92 Å². The molecule has 3 rings (SSSR count). The SMILES string of the molecule is C/C=C\c1c(C)nc(-c2ccccc2)nc1-c1ccccc1. The lowest BCUT2D eigenvalue weighted by Gasteiger charge is -2.11. The van der Waals surface area contributed by atoms with E-state index in [1.807, 2.05) is 68.5 Å². The van der Waals surface area contributed by atoms with Gasteiger partial charge in [0.15, 0.2) is 5.82 Å². The molecule has 0 aliphatic heterocycles. The van der Waals surface area contributed by atoms with Crippen LogP contribution in [0.1, 0.15) is 18.2 Å². The van der Waals surface area contributed by atoms with Crippen LogP contribution in [-0.2, 0) is 0 Å². The Morgan fingerprint density at radius 3 is 1.95 bits per heavy atom. The van der Waals surface area contributed by atoms with Gasteiger partial charge in [-0.3, -0.25) is 0 Å². The van der Waals surface area contributed by atoms with E-state index in [1.54, 1.807) is 0 Å². The number of hydrogen-bond donors (Lipinski definition) is 0. The maximum Gasteiger partial charge on any atom is 0.160 e. The van der Waals surface area contributed by atoms with Crippen molar-refractivity contribution in [2.24, 2.45) is 0 Å². The molecule has 0 saturated heterocycles. The molecule has 0 spiro atoms. The number of rotatable bonds is 3. The molecule has 1 heterocycles. The molecule has 0 atom stereocenters. The normalized spacial score (nSPS) is 11.0. The summed E-state index contributed by atoms with van der Waals surface area (Å²) in [5.41, 5.74) is 5.19. The molecule has 108 valence electrons. The molecular formula is C20H18N2. The second-order valence-electron chi connectivity index (χ2n) is 5.13. The Labute approximate surface area is 131 Å². The van der Waals surface area contributed by atoms with E-state index < -0.39 is 0 Å². The summed E-state index contributed by atoms with van der Waals surface area (Å²) in [6.45, 7) is 4.05. The molecule has 2 nitrogen and oxygen atoms in total. The monoisotopic (exact) mass is 286 g/mol. The third-order valence-electron chi connectivity index (χ3n) is 3.55. The van der Waals surface area contributed by atoms with Crippen molar-refractivity contribution in [3.8, 4) is 22.6 Å². The van der Waals surface area contributed by atoms with Gasteiger partial charge >= 0.3 is 0 Å². The first-order valence-corrected chi connectivity index (χ1v) is 7.42. The predicted octanol–water partition coefficient (Wildman–Crippen LogP) is 5.15. The van der Waals surface area contributed by atoms with Gasteiger partial charge in [-0.2, -0.15) is 0 Å². The van der Waals surface area contributed by atoms with Gasteiger partial charge in [0.1, 0.15) is 0 Å². The Hall–Kier alpha value is -2.74. The van der Waals surface area contributed by atoms with Crippen LogP contribution in [0.3, 0.4) is 0 Å². The minimum Gasteiger partial charge on any atom is -0.233 e. The predicted molar refractivity (Wildman–Crippen MR) is 92.3 cm³/mol. The Morgan fingerprint density at radius 1 is 0.773 bits per heavy atom. The summed E-state index contributed by atoms with van der Waals surface area (Å²) in [6.07, 6.45) is 4.10. The first-order valence-electron chi connectivity index (χ1n) is 7.42. The summed E-state index contributed by atoms with van der Waals surface area (Å²) in [7, 11) is 0. The van der Waals surface area contributed by atoms with Gasteiger partial charge in [-0.25, -0.2) is 9.97 Å². The van der Waals surface area contributed by atoms with Crippen molar-refractivity contribution in [1.29, 1.82) is 0 Å². The molecule has 0 amide bonds. The molecule has 2 aromatic carbocycles. The fraction of sp³-hybridized carbons (Fsp3) is 0.100. The molecule has 3 aromatic rings. The van der Waals surface area contributed by atoms with Gasteiger partial charge in [-0.15, -0.1) is 0 Å². The topological polar surface area (TPSA) is 25.8 Å². The lowest BCUT2D eigenvalue weighted by Crippen LogP contribution is -1.99. The molecule has 2 heteroatoms. The minimum atomic E-state index is 0.769. The third kappa shape index (κ3) is 2.82. The fourth-order valence-corrected chi connectivity index (χ4v) is 2.48. The molecule has 0 radical (unpaired) electrons. The van der Waals surface area contributed by atoms with Crippen LogP contribution in [0.25, 0.3) is 28.7 Å². The summed E-state index contributed by atoms with van der Waals surface area (Å²) in [5.74, 6) is 0.769. The van der Waals surface area contributed by atoms with E-state index in [0.717, 1.165) is 33.9 Å². The lowest BCUT2D eigenvalue weighted by atomic mass is 10.0. The van der Waals surface area contributed by atoms with Gasteiger partial charge < -0.3 is 0 Å². The Balaban J connectivity index is 2.23. The molecule has 0 saturated carbocycles. The number of allylic oxidation sites excluding steroid dienone is 1. The van der Waals surface area contributed by atoms with E-state index in [9.17, 15) is 0 Å². The van der Waals surface area contributed by atoms with Crippen LogP contribution in [0.15, 0.2) is 66.7 Å². The zero-order valence-corrected chi connectivity index (χ0v) is 12.8. The molecule has 0 aliphatic rings. The quantitative estimate of drug-likeness (QED) is 0.665. The van der Waals surface area contributed by atoms with Crippen LogP contribution in [0.5, 0.6) is 0 Å². The van der Waals surface area contributed by atoms with Crippen molar-refractivity contribution < 1.29 is 0 Å². The number of nitrogens with zero attached hydrogens (tertiary/aromatic N) is 2. The van der Waals surface area contributed by atoms with Gasteiger partial charge in [0.25, 0.3) is 0 Å². The zero-order chi connectivity index (χ0) is 15.4. The summed E-state index contributed by atoms with van der Waals surface area (Å²) in [6, 6.07) is 20.4. The number of aryl methyl sites for hydroxylation is 1. The van der Waals surface area contributed by atoms with Gasteiger partial charge in [-0.1, -0.05) is 72.8 Å². The van der Waals surface area contributed by atoms with Gasteiger partial charge in [0, 0.05) is 22.4 Å². The van der Waals surface area contributed by atoms with E-state index in [4.69, 9.17) is 4.98 Å². The fourth-order valence-electron chi connectivity index (χ4n) is 2.48. The van der Waals surface area contributed by atoms with Crippen LogP contribution in [0.4, 0.5) is 0 Å². The number of benzene rings is 2. The second kappa shape index (κ2) is 6.35. The van der Waals surface area contributed by atoms with Crippen molar-refractivity contribution in [2.75, 3.05) is 0 Å². The zero-order valence-electron chi connectivity index (χ0n) is 12.8. The maximum atomic E-state index is 4.83. The largest absolute Gasteiger partial charge is 0.233 e. The first-order chi connectivity index (χ1) is 10.8. The average Bonchev–Trinajstić information content (AvgIpc) is 2.58. The Bertz CT molecular complexity index is 791. The van der Waals surface area contributed by atoms with Gasteiger partial charge in [-0.05, 0) is 13.8 Å². The van der Waals surface area contributed by atoms with Crippen LogP contribution in [0.2, 0.25) is 0 Å². The van der Waals surface area contributed by atoms with Gasteiger partial charge in [0.05, 0.1) is 5.69 Å². The van der Waals surface area contributed by atoms with E-state index >= 15 is 0 Å². The Morgan fingerprint density at radius 2 is 1.36 bits per heavy atom. The van der Waals surface area contributed by atoms with Crippen molar-refractivity contribution in [3.63, 3.8) is 0 Å². The summed E-state index contributed by atoms with van der Waals surface area (Å²) >= 11 is 0. The lowest BCUT2D eigenvalue weighted by molar-refractivity contribution is 1.10. The van der Waals surface area contributed by atoms with Gasteiger partial charge in [0.2, 0.25) is 0 Å². The molecular weight excluding hydrogens is 268 g/mol. The standard InChI is InChI=1S/C20H18N2/c1-3-10-18-15(2)21-20(17-13-8-5-9-14-17)22-19(18)16-11-6-4-7-12-16/h3-14H,1-2H3/b10-3-. The highest BCUT2D eigenvalue weighted by Gasteiger charge is 2.12. The maximum absolute atomic E-state index is 4.83. The van der Waals surface area contributed by atoms with Crippen LogP contribution < -0.4 is 0 Å². The molecule has 0 aliphatic carbocycles.